The SMILES string of the molecule is Cc1csc(C=Cc2ccc(S)cc2)c1. The molecule has 2 aromatic rings. The van der Waals surface area contributed by atoms with Gasteiger partial charge in [-0.25, -0.2) is 0 Å². The monoisotopic (exact) mass is 232 g/mol. The molecule has 0 saturated carbocycles. The van der Waals surface area contributed by atoms with Gasteiger partial charge < -0.3 is 0 Å². The molecule has 0 aliphatic carbocycles. The van der Waals surface area contributed by atoms with Crippen LogP contribution in [0.3, 0.4) is 0 Å². The van der Waals surface area contributed by atoms with Crippen molar-refractivity contribution in [2.24, 2.45) is 0 Å². The van der Waals surface area contributed by atoms with E-state index < -0.39 is 0 Å². The van der Waals surface area contributed by atoms with Crippen LogP contribution in [0.15, 0.2) is 40.6 Å². The van der Waals surface area contributed by atoms with Gasteiger partial charge in [0.25, 0.3) is 0 Å². The molecule has 1 heterocycles. The molecule has 1 aromatic heterocycles. The van der Waals surface area contributed by atoms with Crippen molar-refractivity contribution in [2.75, 3.05) is 0 Å². The minimum atomic E-state index is 0.999. The standard InChI is InChI=1S/C13H12S2/c1-10-8-13(15-9-10)7-4-11-2-5-12(14)6-3-11/h2-9,14H,1H3. The fourth-order valence-electron chi connectivity index (χ4n) is 1.30. The molecule has 2 rings (SSSR count). The van der Waals surface area contributed by atoms with E-state index in [1.165, 1.54) is 16.0 Å². The van der Waals surface area contributed by atoms with Crippen LogP contribution >= 0.6 is 24.0 Å². The third kappa shape index (κ3) is 2.98. The van der Waals surface area contributed by atoms with Crippen molar-refractivity contribution in [1.82, 2.24) is 0 Å². The summed E-state index contributed by atoms with van der Waals surface area (Å²) in [7, 11) is 0. The average molecular weight is 232 g/mol. The van der Waals surface area contributed by atoms with Crippen molar-refractivity contribution in [3.63, 3.8) is 0 Å². The van der Waals surface area contributed by atoms with Crippen LogP contribution in [0.2, 0.25) is 0 Å². The van der Waals surface area contributed by atoms with Gasteiger partial charge >= 0.3 is 0 Å². The van der Waals surface area contributed by atoms with E-state index in [1.807, 2.05) is 12.1 Å². The molecule has 0 saturated heterocycles. The van der Waals surface area contributed by atoms with Gasteiger partial charge in [-0.3, -0.25) is 0 Å². The van der Waals surface area contributed by atoms with Gasteiger partial charge in [-0.1, -0.05) is 18.2 Å². The lowest BCUT2D eigenvalue weighted by Crippen LogP contribution is -1.70. The fourth-order valence-corrected chi connectivity index (χ4v) is 2.24. The van der Waals surface area contributed by atoms with E-state index in [0.717, 1.165) is 4.90 Å². The normalized spacial score (nSPS) is 11.1. The maximum atomic E-state index is 4.25. The molecule has 0 bridgehead atoms. The second-order valence-electron chi connectivity index (χ2n) is 3.45. The van der Waals surface area contributed by atoms with Crippen LogP contribution in [0.4, 0.5) is 0 Å². The summed E-state index contributed by atoms with van der Waals surface area (Å²) in [4.78, 5) is 2.29. The molecule has 0 radical (unpaired) electrons. The van der Waals surface area contributed by atoms with Crippen LogP contribution in [0.5, 0.6) is 0 Å². The van der Waals surface area contributed by atoms with E-state index in [9.17, 15) is 0 Å². The number of hydrogen-bond donors (Lipinski definition) is 1. The molecule has 0 nitrogen and oxygen atoms in total. The quantitative estimate of drug-likeness (QED) is 0.723. The molecule has 0 aliphatic heterocycles. The Morgan fingerprint density at radius 3 is 2.47 bits per heavy atom. The Kier molecular flexibility index (Phi) is 3.29. The average Bonchev–Trinajstić information content (AvgIpc) is 2.64. The lowest BCUT2D eigenvalue weighted by atomic mass is 10.2. The molecule has 0 N–H and O–H groups in total. The predicted molar refractivity (Wildman–Crippen MR) is 71.7 cm³/mol. The summed E-state index contributed by atoms with van der Waals surface area (Å²) in [6.07, 6.45) is 4.27. The number of benzene rings is 1. The molecule has 76 valence electrons. The number of aryl methyl sites for hydroxylation is 1. The van der Waals surface area contributed by atoms with Crippen LogP contribution < -0.4 is 0 Å². The highest BCUT2D eigenvalue weighted by Crippen LogP contribution is 2.17. The molecule has 0 spiro atoms. The van der Waals surface area contributed by atoms with Crippen LogP contribution in [-0.4, -0.2) is 0 Å². The third-order valence-corrected chi connectivity index (χ3v) is 3.40. The molecule has 15 heavy (non-hydrogen) atoms. The van der Waals surface area contributed by atoms with Gasteiger partial charge in [-0.05, 0) is 47.7 Å². The minimum absolute atomic E-state index is 0.999. The molecule has 0 atom stereocenters. The van der Waals surface area contributed by atoms with Crippen molar-refractivity contribution in [1.29, 1.82) is 0 Å². The molecular weight excluding hydrogens is 220 g/mol. The summed E-state index contributed by atoms with van der Waals surface area (Å²) >= 11 is 6.02. The zero-order valence-electron chi connectivity index (χ0n) is 8.47. The fraction of sp³-hybridized carbons (Fsp3) is 0.0769. The van der Waals surface area contributed by atoms with E-state index in [1.54, 1.807) is 11.3 Å². The Hall–Kier alpha value is -0.990. The van der Waals surface area contributed by atoms with Crippen LogP contribution in [0.25, 0.3) is 12.2 Å². The topological polar surface area (TPSA) is 0 Å². The zero-order valence-corrected chi connectivity index (χ0v) is 10.2. The lowest BCUT2D eigenvalue weighted by molar-refractivity contribution is 1.46. The second kappa shape index (κ2) is 4.69. The van der Waals surface area contributed by atoms with Gasteiger partial charge in [-0.15, -0.1) is 24.0 Å². The van der Waals surface area contributed by atoms with Crippen molar-refractivity contribution in [3.05, 3.63) is 51.7 Å². The van der Waals surface area contributed by atoms with E-state index >= 15 is 0 Å². The predicted octanol–water partition coefficient (Wildman–Crippen LogP) is 4.52. The summed E-state index contributed by atoms with van der Waals surface area (Å²) in [5.41, 5.74) is 2.53. The zero-order chi connectivity index (χ0) is 10.7. The molecule has 0 unspecified atom stereocenters. The summed E-state index contributed by atoms with van der Waals surface area (Å²) in [5, 5.41) is 2.16. The highest BCUT2D eigenvalue weighted by molar-refractivity contribution is 7.80. The van der Waals surface area contributed by atoms with Gasteiger partial charge in [-0.2, -0.15) is 0 Å². The van der Waals surface area contributed by atoms with Gasteiger partial charge in [0.1, 0.15) is 0 Å². The van der Waals surface area contributed by atoms with Gasteiger partial charge in [0.05, 0.1) is 0 Å². The van der Waals surface area contributed by atoms with Crippen molar-refractivity contribution >= 4 is 36.1 Å². The first-order valence-electron chi connectivity index (χ1n) is 4.76. The maximum absolute atomic E-state index is 4.25. The smallest absolute Gasteiger partial charge is 0.0273 e. The van der Waals surface area contributed by atoms with Gasteiger partial charge in [0.15, 0.2) is 0 Å². The van der Waals surface area contributed by atoms with Gasteiger partial charge in [0, 0.05) is 9.77 Å². The van der Waals surface area contributed by atoms with Gasteiger partial charge in [0.2, 0.25) is 0 Å². The van der Waals surface area contributed by atoms with E-state index in [0.29, 0.717) is 0 Å². The Bertz CT molecular complexity index is 464. The number of thiophene rings is 1. The van der Waals surface area contributed by atoms with E-state index in [2.05, 4.69) is 55.3 Å². The number of rotatable bonds is 2. The summed E-state index contributed by atoms with van der Waals surface area (Å²) < 4.78 is 0. The Balaban J connectivity index is 2.14. The van der Waals surface area contributed by atoms with Crippen molar-refractivity contribution < 1.29 is 0 Å². The first-order valence-corrected chi connectivity index (χ1v) is 6.09. The first-order chi connectivity index (χ1) is 7.24. The molecular formula is C13H12S2. The molecule has 0 amide bonds. The molecule has 0 fully saturated rings. The minimum Gasteiger partial charge on any atom is -0.144 e. The molecule has 0 aliphatic rings. The molecule has 1 aromatic carbocycles. The van der Waals surface area contributed by atoms with Crippen LogP contribution in [0.1, 0.15) is 16.0 Å². The third-order valence-electron chi connectivity index (χ3n) is 2.08. The highest BCUT2D eigenvalue weighted by Gasteiger charge is 1.91. The summed E-state index contributed by atoms with van der Waals surface area (Å²) in [6.45, 7) is 2.11. The van der Waals surface area contributed by atoms with Crippen LogP contribution in [0, 0.1) is 6.92 Å². The maximum Gasteiger partial charge on any atom is 0.0273 e. The van der Waals surface area contributed by atoms with Crippen molar-refractivity contribution in [3.8, 4) is 0 Å². The van der Waals surface area contributed by atoms with E-state index in [-0.39, 0.29) is 0 Å². The summed E-state index contributed by atoms with van der Waals surface area (Å²) in [6, 6.07) is 10.3. The Morgan fingerprint density at radius 2 is 1.87 bits per heavy atom. The van der Waals surface area contributed by atoms with Crippen LogP contribution in [-0.2, 0) is 0 Å². The summed E-state index contributed by atoms with van der Waals surface area (Å²) in [5.74, 6) is 0. The Morgan fingerprint density at radius 1 is 1.13 bits per heavy atom. The first kappa shape index (κ1) is 10.5. The number of thiol groups is 1. The van der Waals surface area contributed by atoms with E-state index in [4.69, 9.17) is 0 Å². The number of hydrogen-bond acceptors (Lipinski definition) is 2. The molecule has 2 heteroatoms. The largest absolute Gasteiger partial charge is 0.144 e. The highest BCUT2D eigenvalue weighted by atomic mass is 32.1. The second-order valence-corrected chi connectivity index (χ2v) is 4.91. The van der Waals surface area contributed by atoms with Crippen molar-refractivity contribution in [2.45, 2.75) is 11.8 Å². The Labute approximate surface area is 99.7 Å². The lowest BCUT2D eigenvalue weighted by Gasteiger charge is -1.93.